The minimum atomic E-state index is -0.325. The fourth-order valence-electron chi connectivity index (χ4n) is 2.59. The molecule has 3 rings (SSSR count). The Hall–Kier alpha value is -2.47. The molecule has 2 aromatic rings. The SMILES string of the molecule is C[C@H]1CN(C(=O)c2ccc(=O)[nH]n2)C[C@@H](c2ccccc2)O1. The highest BCUT2D eigenvalue weighted by atomic mass is 16.5. The summed E-state index contributed by atoms with van der Waals surface area (Å²) in [6.45, 7) is 2.91. The van der Waals surface area contributed by atoms with E-state index in [0.717, 1.165) is 5.56 Å². The van der Waals surface area contributed by atoms with Crippen LogP contribution in [-0.2, 0) is 4.74 Å². The molecule has 1 saturated heterocycles. The lowest BCUT2D eigenvalue weighted by Gasteiger charge is -2.36. The minimum Gasteiger partial charge on any atom is -0.367 e. The van der Waals surface area contributed by atoms with Crippen LogP contribution in [0.25, 0.3) is 0 Å². The van der Waals surface area contributed by atoms with Gasteiger partial charge in [0.1, 0.15) is 11.8 Å². The number of amides is 1. The molecule has 0 unspecified atom stereocenters. The van der Waals surface area contributed by atoms with E-state index in [1.165, 1.54) is 12.1 Å². The number of benzene rings is 1. The second kappa shape index (κ2) is 6.11. The van der Waals surface area contributed by atoms with Crippen molar-refractivity contribution in [2.24, 2.45) is 0 Å². The monoisotopic (exact) mass is 299 g/mol. The molecule has 114 valence electrons. The molecule has 1 aliphatic rings. The normalized spacial score (nSPS) is 21.6. The topological polar surface area (TPSA) is 75.3 Å². The summed E-state index contributed by atoms with van der Waals surface area (Å²) in [7, 11) is 0. The molecule has 1 fully saturated rings. The average Bonchev–Trinajstić information content (AvgIpc) is 2.55. The predicted molar refractivity (Wildman–Crippen MR) is 80.5 cm³/mol. The van der Waals surface area contributed by atoms with Crippen LogP contribution in [0.3, 0.4) is 0 Å². The molecule has 1 amide bonds. The summed E-state index contributed by atoms with van der Waals surface area (Å²) >= 11 is 0. The molecule has 0 aliphatic carbocycles. The third-order valence-corrected chi connectivity index (χ3v) is 3.62. The van der Waals surface area contributed by atoms with Crippen molar-refractivity contribution in [3.05, 3.63) is 64.1 Å². The van der Waals surface area contributed by atoms with Crippen LogP contribution in [0.5, 0.6) is 0 Å². The van der Waals surface area contributed by atoms with Crippen molar-refractivity contribution in [3.63, 3.8) is 0 Å². The molecular weight excluding hydrogens is 282 g/mol. The number of H-pyrrole nitrogens is 1. The number of nitrogens with zero attached hydrogens (tertiary/aromatic N) is 2. The highest BCUT2D eigenvalue weighted by Gasteiger charge is 2.30. The van der Waals surface area contributed by atoms with Gasteiger partial charge in [-0.05, 0) is 18.6 Å². The van der Waals surface area contributed by atoms with Crippen LogP contribution in [0.4, 0.5) is 0 Å². The molecule has 1 aliphatic heterocycles. The lowest BCUT2D eigenvalue weighted by atomic mass is 10.1. The maximum Gasteiger partial charge on any atom is 0.274 e. The number of ether oxygens (including phenoxy) is 1. The van der Waals surface area contributed by atoms with E-state index in [-0.39, 0.29) is 29.4 Å². The molecule has 1 aromatic carbocycles. The smallest absolute Gasteiger partial charge is 0.274 e. The van der Waals surface area contributed by atoms with Crippen molar-refractivity contribution in [2.75, 3.05) is 13.1 Å². The van der Waals surface area contributed by atoms with Crippen LogP contribution in [0.2, 0.25) is 0 Å². The Bertz CT molecular complexity index is 694. The summed E-state index contributed by atoms with van der Waals surface area (Å²) in [5, 5.41) is 6.10. The first-order valence-corrected chi connectivity index (χ1v) is 7.19. The first kappa shape index (κ1) is 14.5. The van der Waals surface area contributed by atoms with Crippen molar-refractivity contribution in [3.8, 4) is 0 Å². The van der Waals surface area contributed by atoms with Gasteiger partial charge in [0.15, 0.2) is 0 Å². The van der Waals surface area contributed by atoms with Crippen LogP contribution in [0.1, 0.15) is 29.1 Å². The van der Waals surface area contributed by atoms with Crippen LogP contribution < -0.4 is 5.56 Å². The zero-order chi connectivity index (χ0) is 15.5. The number of hydrogen-bond acceptors (Lipinski definition) is 4. The van der Waals surface area contributed by atoms with E-state index in [9.17, 15) is 9.59 Å². The van der Waals surface area contributed by atoms with Crippen molar-refractivity contribution < 1.29 is 9.53 Å². The summed E-state index contributed by atoms with van der Waals surface area (Å²) in [4.78, 5) is 25.3. The largest absolute Gasteiger partial charge is 0.367 e. The molecule has 1 aromatic heterocycles. The quantitative estimate of drug-likeness (QED) is 0.909. The zero-order valence-electron chi connectivity index (χ0n) is 12.2. The van der Waals surface area contributed by atoms with E-state index in [1.807, 2.05) is 37.3 Å². The van der Waals surface area contributed by atoms with Crippen molar-refractivity contribution in [1.82, 2.24) is 15.1 Å². The van der Waals surface area contributed by atoms with Crippen molar-refractivity contribution >= 4 is 5.91 Å². The molecule has 2 heterocycles. The highest BCUT2D eigenvalue weighted by Crippen LogP contribution is 2.25. The van der Waals surface area contributed by atoms with Gasteiger partial charge in [0, 0.05) is 12.6 Å². The molecule has 6 heteroatoms. The summed E-state index contributed by atoms with van der Waals surface area (Å²) < 4.78 is 5.94. The predicted octanol–water partition coefficient (Wildman–Crippen LogP) is 1.37. The van der Waals surface area contributed by atoms with E-state index in [2.05, 4.69) is 10.2 Å². The standard InChI is InChI=1S/C16H17N3O3/c1-11-9-19(16(21)13-7-8-15(20)18-17-13)10-14(22-11)12-5-3-2-4-6-12/h2-8,11,14H,9-10H2,1H3,(H,18,20)/t11-,14-/m0/s1. The maximum absolute atomic E-state index is 12.5. The minimum absolute atomic E-state index is 0.0642. The Labute approximate surface area is 127 Å². The zero-order valence-corrected chi connectivity index (χ0v) is 12.2. The van der Waals surface area contributed by atoms with Gasteiger partial charge in [-0.15, -0.1) is 0 Å². The molecule has 22 heavy (non-hydrogen) atoms. The van der Waals surface area contributed by atoms with Gasteiger partial charge in [-0.25, -0.2) is 5.10 Å². The fourth-order valence-corrected chi connectivity index (χ4v) is 2.59. The first-order valence-electron chi connectivity index (χ1n) is 7.19. The molecule has 1 N–H and O–H groups in total. The number of hydrogen-bond donors (Lipinski definition) is 1. The van der Waals surface area contributed by atoms with Gasteiger partial charge in [-0.2, -0.15) is 5.10 Å². The highest BCUT2D eigenvalue weighted by molar-refractivity contribution is 5.92. The first-order chi connectivity index (χ1) is 10.6. The van der Waals surface area contributed by atoms with Crippen LogP contribution >= 0.6 is 0 Å². The average molecular weight is 299 g/mol. The van der Waals surface area contributed by atoms with Gasteiger partial charge in [0.2, 0.25) is 0 Å². The van der Waals surface area contributed by atoms with Crippen LogP contribution in [-0.4, -0.2) is 40.2 Å². The lowest BCUT2D eigenvalue weighted by molar-refractivity contribution is -0.0693. The maximum atomic E-state index is 12.5. The summed E-state index contributed by atoms with van der Waals surface area (Å²) in [6.07, 6.45) is -0.220. The van der Waals surface area contributed by atoms with E-state index in [0.29, 0.717) is 13.1 Å². The molecule has 0 radical (unpaired) electrons. The van der Waals surface area contributed by atoms with Crippen molar-refractivity contribution in [1.29, 1.82) is 0 Å². The van der Waals surface area contributed by atoms with Gasteiger partial charge in [0.25, 0.3) is 11.5 Å². The fraction of sp³-hybridized carbons (Fsp3) is 0.312. The number of aromatic amines is 1. The molecule has 0 spiro atoms. The molecular formula is C16H17N3O3. The van der Waals surface area contributed by atoms with E-state index in [4.69, 9.17) is 4.74 Å². The van der Waals surface area contributed by atoms with E-state index in [1.54, 1.807) is 4.90 Å². The van der Waals surface area contributed by atoms with Crippen LogP contribution in [0, 0.1) is 0 Å². The second-order valence-corrected chi connectivity index (χ2v) is 5.36. The van der Waals surface area contributed by atoms with Gasteiger partial charge < -0.3 is 9.64 Å². The van der Waals surface area contributed by atoms with Gasteiger partial charge in [-0.3, -0.25) is 9.59 Å². The number of rotatable bonds is 2. The van der Waals surface area contributed by atoms with Gasteiger partial charge >= 0.3 is 0 Å². The van der Waals surface area contributed by atoms with Gasteiger partial charge in [-0.1, -0.05) is 30.3 Å². The molecule has 2 atom stereocenters. The number of aromatic nitrogens is 2. The Morgan fingerprint density at radius 2 is 2.00 bits per heavy atom. The van der Waals surface area contributed by atoms with Gasteiger partial charge in [0.05, 0.1) is 12.6 Å². The number of nitrogens with one attached hydrogen (secondary N) is 1. The van der Waals surface area contributed by atoms with E-state index >= 15 is 0 Å². The summed E-state index contributed by atoms with van der Waals surface area (Å²) in [6, 6.07) is 12.6. The summed E-state index contributed by atoms with van der Waals surface area (Å²) in [5.74, 6) is -0.202. The number of morpholine rings is 1. The number of carbonyl (C=O) groups is 1. The van der Waals surface area contributed by atoms with Crippen molar-refractivity contribution in [2.45, 2.75) is 19.1 Å². The Balaban J connectivity index is 1.80. The summed E-state index contributed by atoms with van der Waals surface area (Å²) in [5.41, 5.74) is 0.954. The Morgan fingerprint density at radius 1 is 1.23 bits per heavy atom. The van der Waals surface area contributed by atoms with E-state index < -0.39 is 0 Å². The molecule has 6 nitrogen and oxygen atoms in total. The van der Waals surface area contributed by atoms with Crippen LogP contribution in [0.15, 0.2) is 47.3 Å². The molecule has 0 bridgehead atoms. The Morgan fingerprint density at radius 3 is 2.68 bits per heavy atom. The Kier molecular flexibility index (Phi) is 4.02. The lowest BCUT2D eigenvalue weighted by Crippen LogP contribution is -2.46. The molecule has 0 saturated carbocycles. The third-order valence-electron chi connectivity index (χ3n) is 3.62. The third kappa shape index (κ3) is 3.07. The number of carbonyl (C=O) groups excluding carboxylic acids is 1. The second-order valence-electron chi connectivity index (χ2n) is 5.36.